The van der Waals surface area contributed by atoms with Crippen LogP contribution in [0.2, 0.25) is 0 Å². The standard InChI is InChI=1S/C39H25N/c1-2-11-26(12-3-1)36-25-38(40-37-22-21-27-13-4-7-18-32(27)39(36)37)30-16-10-15-28(23-30)35-24-29-14-5-6-17-31(29)33-19-8-9-20-34(33)35/h1-25H. The highest BCUT2D eigenvalue weighted by Crippen LogP contribution is 2.39. The topological polar surface area (TPSA) is 12.9 Å². The Bertz CT molecular complexity index is 2210. The van der Waals surface area contributed by atoms with E-state index in [4.69, 9.17) is 4.98 Å². The second-order valence-corrected chi connectivity index (χ2v) is 10.4. The minimum Gasteiger partial charge on any atom is -0.248 e. The first kappa shape index (κ1) is 22.7. The van der Waals surface area contributed by atoms with E-state index >= 15 is 0 Å². The van der Waals surface area contributed by atoms with Crippen LogP contribution in [0.25, 0.3) is 76.7 Å². The quantitative estimate of drug-likeness (QED) is 0.217. The van der Waals surface area contributed by atoms with E-state index in [1.807, 2.05) is 0 Å². The van der Waals surface area contributed by atoms with E-state index < -0.39 is 0 Å². The molecule has 1 heterocycles. The first-order chi connectivity index (χ1) is 19.8. The second-order valence-electron chi connectivity index (χ2n) is 10.4. The summed E-state index contributed by atoms with van der Waals surface area (Å²) in [4.78, 5) is 5.23. The van der Waals surface area contributed by atoms with Crippen molar-refractivity contribution in [3.63, 3.8) is 0 Å². The maximum Gasteiger partial charge on any atom is 0.0722 e. The van der Waals surface area contributed by atoms with Gasteiger partial charge < -0.3 is 0 Å². The van der Waals surface area contributed by atoms with E-state index in [0.29, 0.717) is 0 Å². The smallest absolute Gasteiger partial charge is 0.0722 e. The van der Waals surface area contributed by atoms with Crippen LogP contribution in [0.4, 0.5) is 0 Å². The molecule has 8 rings (SSSR count). The Morgan fingerprint density at radius 2 is 1.00 bits per heavy atom. The van der Waals surface area contributed by atoms with Crippen molar-refractivity contribution in [2.45, 2.75) is 0 Å². The fourth-order valence-electron chi connectivity index (χ4n) is 6.14. The molecule has 1 nitrogen and oxygen atoms in total. The SMILES string of the molecule is c1ccc(-c2cc(-c3cccc(-c4cc5ccccc5c5ccccc45)c3)nc3ccc4ccccc4c23)cc1. The third kappa shape index (κ3) is 3.67. The summed E-state index contributed by atoms with van der Waals surface area (Å²) in [6, 6.07) is 54.4. The van der Waals surface area contributed by atoms with Crippen LogP contribution in [0.15, 0.2) is 152 Å². The average Bonchev–Trinajstić information content (AvgIpc) is 3.04. The second kappa shape index (κ2) is 9.18. The van der Waals surface area contributed by atoms with Gasteiger partial charge in [-0.15, -0.1) is 0 Å². The summed E-state index contributed by atoms with van der Waals surface area (Å²) >= 11 is 0. The molecule has 0 atom stereocenters. The first-order valence-electron chi connectivity index (χ1n) is 13.7. The van der Waals surface area contributed by atoms with Gasteiger partial charge in [-0.2, -0.15) is 0 Å². The molecule has 0 bridgehead atoms. The van der Waals surface area contributed by atoms with E-state index in [-0.39, 0.29) is 0 Å². The fraction of sp³-hybridized carbons (Fsp3) is 0. The molecular weight excluding hydrogens is 482 g/mol. The zero-order chi connectivity index (χ0) is 26.5. The van der Waals surface area contributed by atoms with Crippen molar-refractivity contribution in [2.24, 2.45) is 0 Å². The monoisotopic (exact) mass is 507 g/mol. The lowest BCUT2D eigenvalue weighted by molar-refractivity contribution is 1.40. The summed E-state index contributed by atoms with van der Waals surface area (Å²) in [7, 11) is 0. The minimum atomic E-state index is 0.980. The molecule has 0 unspecified atom stereocenters. The zero-order valence-electron chi connectivity index (χ0n) is 21.9. The van der Waals surface area contributed by atoms with Crippen LogP contribution in [-0.2, 0) is 0 Å². The number of aromatic nitrogens is 1. The number of pyridine rings is 1. The Balaban J connectivity index is 1.37. The average molecular weight is 508 g/mol. The van der Waals surface area contributed by atoms with Gasteiger partial charge in [0, 0.05) is 10.9 Å². The molecule has 0 amide bonds. The van der Waals surface area contributed by atoms with E-state index in [0.717, 1.165) is 16.8 Å². The number of hydrogen-bond donors (Lipinski definition) is 0. The molecule has 0 N–H and O–H groups in total. The van der Waals surface area contributed by atoms with Crippen molar-refractivity contribution < 1.29 is 0 Å². The van der Waals surface area contributed by atoms with E-state index in [1.54, 1.807) is 0 Å². The van der Waals surface area contributed by atoms with Crippen LogP contribution in [0, 0.1) is 0 Å². The van der Waals surface area contributed by atoms with Gasteiger partial charge in [-0.1, -0.05) is 127 Å². The van der Waals surface area contributed by atoms with Crippen molar-refractivity contribution in [3.8, 4) is 33.5 Å². The van der Waals surface area contributed by atoms with Gasteiger partial charge in [0.25, 0.3) is 0 Å². The maximum atomic E-state index is 5.23. The molecule has 40 heavy (non-hydrogen) atoms. The molecule has 186 valence electrons. The number of nitrogens with zero attached hydrogens (tertiary/aromatic N) is 1. The van der Waals surface area contributed by atoms with Gasteiger partial charge in [-0.05, 0) is 78.8 Å². The lowest BCUT2D eigenvalue weighted by atomic mass is 9.91. The van der Waals surface area contributed by atoms with Gasteiger partial charge in [0.15, 0.2) is 0 Å². The Morgan fingerprint density at radius 1 is 0.350 bits per heavy atom. The normalized spacial score (nSPS) is 11.5. The summed E-state index contributed by atoms with van der Waals surface area (Å²) in [5.41, 5.74) is 7.95. The molecule has 8 aromatic rings. The van der Waals surface area contributed by atoms with Gasteiger partial charge in [0.2, 0.25) is 0 Å². The highest BCUT2D eigenvalue weighted by Gasteiger charge is 2.14. The minimum absolute atomic E-state index is 0.980. The molecule has 1 aromatic heterocycles. The summed E-state index contributed by atoms with van der Waals surface area (Å²) in [6.45, 7) is 0. The van der Waals surface area contributed by atoms with E-state index in [2.05, 4.69) is 152 Å². The van der Waals surface area contributed by atoms with E-state index in [1.165, 1.54) is 60.0 Å². The Labute approximate surface area is 233 Å². The van der Waals surface area contributed by atoms with Crippen LogP contribution in [0.1, 0.15) is 0 Å². The summed E-state index contributed by atoms with van der Waals surface area (Å²) in [6.07, 6.45) is 0. The number of fused-ring (bicyclic) bond motifs is 6. The summed E-state index contributed by atoms with van der Waals surface area (Å²) in [5.74, 6) is 0. The van der Waals surface area contributed by atoms with Crippen molar-refractivity contribution in [1.82, 2.24) is 4.98 Å². The molecule has 0 fully saturated rings. The lowest BCUT2D eigenvalue weighted by Crippen LogP contribution is -1.92. The molecule has 0 saturated carbocycles. The van der Waals surface area contributed by atoms with Crippen LogP contribution >= 0.6 is 0 Å². The molecule has 0 radical (unpaired) electrons. The highest BCUT2D eigenvalue weighted by molar-refractivity contribution is 6.15. The van der Waals surface area contributed by atoms with Crippen molar-refractivity contribution in [2.75, 3.05) is 0 Å². The summed E-state index contributed by atoms with van der Waals surface area (Å²) < 4.78 is 0. The van der Waals surface area contributed by atoms with Crippen molar-refractivity contribution >= 4 is 43.2 Å². The van der Waals surface area contributed by atoms with Gasteiger partial charge in [-0.25, -0.2) is 4.98 Å². The van der Waals surface area contributed by atoms with Gasteiger partial charge in [0.1, 0.15) is 0 Å². The first-order valence-corrected chi connectivity index (χ1v) is 13.7. The van der Waals surface area contributed by atoms with Crippen LogP contribution in [-0.4, -0.2) is 4.98 Å². The molecule has 0 aliphatic rings. The van der Waals surface area contributed by atoms with E-state index in [9.17, 15) is 0 Å². The number of hydrogen-bond acceptors (Lipinski definition) is 1. The molecule has 0 aliphatic heterocycles. The molecule has 0 spiro atoms. The lowest BCUT2D eigenvalue weighted by Gasteiger charge is -2.14. The van der Waals surface area contributed by atoms with Crippen molar-refractivity contribution in [1.29, 1.82) is 0 Å². The summed E-state index contributed by atoms with van der Waals surface area (Å²) in [5, 5.41) is 8.74. The largest absolute Gasteiger partial charge is 0.248 e. The molecule has 0 saturated heterocycles. The third-order valence-corrected chi connectivity index (χ3v) is 8.02. The highest BCUT2D eigenvalue weighted by atomic mass is 14.7. The third-order valence-electron chi connectivity index (χ3n) is 8.02. The number of benzene rings is 7. The molecular formula is C39H25N. The predicted octanol–water partition coefficient (Wildman–Crippen LogP) is 10.7. The van der Waals surface area contributed by atoms with Crippen LogP contribution in [0.5, 0.6) is 0 Å². The maximum absolute atomic E-state index is 5.23. The predicted molar refractivity (Wildman–Crippen MR) is 171 cm³/mol. The zero-order valence-corrected chi connectivity index (χ0v) is 21.9. The Kier molecular flexibility index (Phi) is 5.21. The van der Waals surface area contributed by atoms with Crippen LogP contribution in [0.3, 0.4) is 0 Å². The van der Waals surface area contributed by atoms with Crippen molar-refractivity contribution in [3.05, 3.63) is 152 Å². The Morgan fingerprint density at radius 3 is 1.85 bits per heavy atom. The van der Waals surface area contributed by atoms with Gasteiger partial charge >= 0.3 is 0 Å². The van der Waals surface area contributed by atoms with Gasteiger partial charge in [0.05, 0.1) is 11.2 Å². The number of rotatable bonds is 3. The fourth-order valence-corrected chi connectivity index (χ4v) is 6.14. The molecule has 0 aliphatic carbocycles. The van der Waals surface area contributed by atoms with Gasteiger partial charge in [-0.3, -0.25) is 0 Å². The molecule has 1 heteroatoms. The van der Waals surface area contributed by atoms with Crippen LogP contribution < -0.4 is 0 Å². The molecule has 7 aromatic carbocycles. The Hall–Kier alpha value is -5.27.